The molecule has 0 saturated heterocycles. The summed E-state index contributed by atoms with van der Waals surface area (Å²) in [5.41, 5.74) is 0.670. The second-order valence-corrected chi connectivity index (χ2v) is 8.18. The number of nitrogens with one attached hydrogen (secondary N) is 1. The van der Waals surface area contributed by atoms with E-state index >= 15 is 0 Å². The zero-order valence-corrected chi connectivity index (χ0v) is 12.7. The Labute approximate surface area is 121 Å². The molecule has 1 N–H and O–H groups in total. The molecule has 0 aliphatic rings. The van der Waals surface area contributed by atoms with E-state index in [-0.39, 0.29) is 5.28 Å². The summed E-state index contributed by atoms with van der Waals surface area (Å²) >= 11 is 11.7. The molecule has 7 heteroatoms. The van der Waals surface area contributed by atoms with E-state index in [1.807, 2.05) is 0 Å². The van der Waals surface area contributed by atoms with Crippen LogP contribution in [0.2, 0.25) is 10.3 Å². The monoisotopic (exact) mass is 314 g/mol. The highest BCUT2D eigenvalue weighted by molar-refractivity contribution is 7.70. The maximum Gasteiger partial charge on any atom is 0.224 e. The molecule has 0 atom stereocenters. The van der Waals surface area contributed by atoms with Crippen molar-refractivity contribution in [3.8, 4) is 0 Å². The molecule has 1 radical (unpaired) electrons. The molecule has 2 rings (SSSR count). The number of nitrogens with zero attached hydrogens (tertiary/aromatic N) is 2. The third-order valence-electron chi connectivity index (χ3n) is 2.39. The van der Waals surface area contributed by atoms with E-state index in [9.17, 15) is 4.57 Å². The van der Waals surface area contributed by atoms with E-state index in [4.69, 9.17) is 23.2 Å². The fourth-order valence-electron chi connectivity index (χ4n) is 1.53. The molecule has 0 aliphatic heterocycles. The van der Waals surface area contributed by atoms with Gasteiger partial charge in [0.05, 0.1) is 11.9 Å². The minimum absolute atomic E-state index is 0.0899. The van der Waals surface area contributed by atoms with Crippen molar-refractivity contribution in [3.05, 3.63) is 40.8 Å². The standard InChI is InChI=1S/C12H11Cl2N3OP/c1-19(2,18)10-6-4-3-5-9(10)16-11-8(13)7-15-12(14)17-11/h3,5-7H,1-2H3,(H,15,16,17). The van der Waals surface area contributed by atoms with E-state index in [2.05, 4.69) is 21.4 Å². The van der Waals surface area contributed by atoms with Crippen LogP contribution in [0.4, 0.5) is 11.5 Å². The fraction of sp³-hybridized carbons (Fsp3) is 0.167. The van der Waals surface area contributed by atoms with Gasteiger partial charge in [-0.2, -0.15) is 4.98 Å². The van der Waals surface area contributed by atoms with Gasteiger partial charge < -0.3 is 9.88 Å². The molecule has 19 heavy (non-hydrogen) atoms. The maximum absolute atomic E-state index is 12.2. The molecular formula is C12H11Cl2N3OP. The zero-order valence-electron chi connectivity index (χ0n) is 10.3. The molecule has 2 aromatic rings. The predicted molar refractivity (Wildman–Crippen MR) is 79.7 cm³/mol. The van der Waals surface area contributed by atoms with Gasteiger partial charge in [0.25, 0.3) is 0 Å². The quantitative estimate of drug-likeness (QED) is 0.695. The van der Waals surface area contributed by atoms with Crippen molar-refractivity contribution < 1.29 is 4.57 Å². The first-order valence-corrected chi connectivity index (χ1v) is 8.74. The van der Waals surface area contributed by atoms with Crippen molar-refractivity contribution >= 4 is 47.2 Å². The molecule has 99 valence electrons. The SMILES string of the molecule is CP(C)(=O)c1c[c]ccc1Nc1nc(Cl)ncc1Cl. The lowest BCUT2D eigenvalue weighted by molar-refractivity contribution is 0.588. The molecular weight excluding hydrogens is 304 g/mol. The lowest BCUT2D eigenvalue weighted by Gasteiger charge is -2.14. The smallest absolute Gasteiger partial charge is 0.224 e. The molecule has 1 heterocycles. The van der Waals surface area contributed by atoms with E-state index in [0.717, 1.165) is 0 Å². The van der Waals surface area contributed by atoms with E-state index in [1.54, 1.807) is 31.5 Å². The van der Waals surface area contributed by atoms with Gasteiger partial charge in [0.2, 0.25) is 5.28 Å². The Bertz CT molecular complexity index is 657. The number of anilines is 2. The highest BCUT2D eigenvalue weighted by Gasteiger charge is 2.16. The number of hydrogen-bond donors (Lipinski definition) is 1. The molecule has 4 nitrogen and oxygen atoms in total. The zero-order chi connectivity index (χ0) is 14.0. The largest absolute Gasteiger partial charge is 0.338 e. The molecule has 0 fully saturated rings. The van der Waals surface area contributed by atoms with Gasteiger partial charge in [-0.3, -0.25) is 0 Å². The Hall–Kier alpha value is -1.09. The number of aromatic nitrogens is 2. The lowest BCUT2D eigenvalue weighted by atomic mass is 10.3. The van der Waals surface area contributed by atoms with Gasteiger partial charge in [-0.25, -0.2) is 4.98 Å². The van der Waals surface area contributed by atoms with Gasteiger partial charge in [-0.05, 0) is 43.1 Å². The van der Waals surface area contributed by atoms with Crippen LogP contribution in [0.5, 0.6) is 0 Å². The van der Waals surface area contributed by atoms with Crippen molar-refractivity contribution in [1.82, 2.24) is 9.97 Å². The van der Waals surface area contributed by atoms with Crippen LogP contribution in [0.3, 0.4) is 0 Å². The summed E-state index contributed by atoms with van der Waals surface area (Å²) in [7, 11) is -2.43. The average molecular weight is 315 g/mol. The summed E-state index contributed by atoms with van der Waals surface area (Å²) in [5, 5.41) is 4.14. The lowest BCUT2D eigenvalue weighted by Crippen LogP contribution is -2.10. The van der Waals surface area contributed by atoms with Crippen LogP contribution < -0.4 is 10.6 Å². The molecule has 1 aromatic carbocycles. The van der Waals surface area contributed by atoms with Crippen LogP contribution in [0.1, 0.15) is 0 Å². The summed E-state index contributed by atoms with van der Waals surface area (Å²) in [5.74, 6) is 0.377. The number of rotatable bonds is 3. The van der Waals surface area contributed by atoms with Crippen molar-refractivity contribution in [2.75, 3.05) is 18.6 Å². The van der Waals surface area contributed by atoms with Crippen LogP contribution in [-0.4, -0.2) is 23.3 Å². The number of halogens is 2. The summed E-state index contributed by atoms with van der Waals surface area (Å²) < 4.78 is 12.2. The Balaban J connectivity index is 2.44. The topological polar surface area (TPSA) is 54.9 Å². The fourth-order valence-corrected chi connectivity index (χ4v) is 2.90. The van der Waals surface area contributed by atoms with Gasteiger partial charge in [-0.15, -0.1) is 0 Å². The molecule has 1 aromatic heterocycles. The summed E-state index contributed by atoms with van der Waals surface area (Å²) in [4.78, 5) is 7.78. The molecule has 0 unspecified atom stereocenters. The minimum atomic E-state index is -2.43. The molecule has 0 saturated carbocycles. The van der Waals surface area contributed by atoms with Crippen molar-refractivity contribution in [1.29, 1.82) is 0 Å². The second kappa shape index (κ2) is 5.49. The van der Waals surface area contributed by atoms with E-state index in [0.29, 0.717) is 21.8 Å². The minimum Gasteiger partial charge on any atom is -0.338 e. The van der Waals surface area contributed by atoms with Crippen LogP contribution in [0, 0.1) is 6.07 Å². The number of benzene rings is 1. The molecule has 0 amide bonds. The predicted octanol–water partition coefficient (Wildman–Crippen LogP) is 3.58. The van der Waals surface area contributed by atoms with Gasteiger partial charge in [-0.1, -0.05) is 17.7 Å². The van der Waals surface area contributed by atoms with Crippen molar-refractivity contribution in [2.45, 2.75) is 0 Å². The highest BCUT2D eigenvalue weighted by atomic mass is 35.5. The first-order chi connectivity index (χ1) is 8.88. The normalized spacial score (nSPS) is 11.4. The third-order valence-corrected chi connectivity index (χ3v) is 4.38. The number of hydrogen-bond acceptors (Lipinski definition) is 4. The van der Waals surface area contributed by atoms with E-state index in [1.165, 1.54) is 6.20 Å². The van der Waals surface area contributed by atoms with Gasteiger partial charge in [0.1, 0.15) is 12.2 Å². The van der Waals surface area contributed by atoms with Crippen LogP contribution in [-0.2, 0) is 4.57 Å². The van der Waals surface area contributed by atoms with Gasteiger partial charge in [0.15, 0.2) is 5.82 Å². The van der Waals surface area contributed by atoms with Crippen LogP contribution in [0.15, 0.2) is 24.4 Å². The average Bonchev–Trinajstić information content (AvgIpc) is 2.33. The Morgan fingerprint density at radius 2 is 2.11 bits per heavy atom. The molecule has 0 aliphatic carbocycles. The highest BCUT2D eigenvalue weighted by Crippen LogP contribution is 2.38. The first-order valence-electron chi connectivity index (χ1n) is 5.38. The van der Waals surface area contributed by atoms with Crippen molar-refractivity contribution in [3.63, 3.8) is 0 Å². The Morgan fingerprint density at radius 3 is 2.79 bits per heavy atom. The van der Waals surface area contributed by atoms with Crippen molar-refractivity contribution in [2.24, 2.45) is 0 Å². The Kier molecular flexibility index (Phi) is 4.14. The van der Waals surface area contributed by atoms with Crippen LogP contribution >= 0.6 is 30.3 Å². The Morgan fingerprint density at radius 1 is 1.37 bits per heavy atom. The summed E-state index contributed by atoms with van der Waals surface area (Å²) in [6.45, 7) is 3.38. The molecule has 0 spiro atoms. The second-order valence-electron chi connectivity index (χ2n) is 4.25. The van der Waals surface area contributed by atoms with Crippen LogP contribution in [0.25, 0.3) is 0 Å². The van der Waals surface area contributed by atoms with E-state index < -0.39 is 7.14 Å². The first kappa shape index (κ1) is 14.3. The summed E-state index contributed by atoms with van der Waals surface area (Å²) in [6.07, 6.45) is 1.41. The maximum atomic E-state index is 12.2. The molecule has 0 bridgehead atoms. The summed E-state index contributed by atoms with van der Waals surface area (Å²) in [6, 6.07) is 8.10. The van der Waals surface area contributed by atoms with Gasteiger partial charge in [0, 0.05) is 5.30 Å². The van der Waals surface area contributed by atoms with Gasteiger partial charge >= 0.3 is 0 Å². The third kappa shape index (κ3) is 3.47.